The molecule has 1 amide bonds. The molecule has 0 fully saturated rings. The summed E-state index contributed by atoms with van der Waals surface area (Å²) >= 11 is 3.06. The second kappa shape index (κ2) is 5.46. The topological polar surface area (TPSA) is 42.0 Å². The van der Waals surface area contributed by atoms with Gasteiger partial charge in [0.15, 0.2) is 0 Å². The van der Waals surface area contributed by atoms with Gasteiger partial charge in [-0.1, -0.05) is 18.2 Å². The van der Waals surface area contributed by atoms with Crippen molar-refractivity contribution >= 4 is 28.6 Å². The molecule has 5 heteroatoms. The quantitative estimate of drug-likeness (QED) is 0.870. The van der Waals surface area contributed by atoms with Gasteiger partial charge >= 0.3 is 0 Å². The van der Waals surface area contributed by atoms with Crippen molar-refractivity contribution in [3.63, 3.8) is 0 Å². The molecule has 0 atom stereocenters. The summed E-state index contributed by atoms with van der Waals surface area (Å²) in [6.07, 6.45) is 0. The van der Waals surface area contributed by atoms with E-state index in [9.17, 15) is 4.79 Å². The first-order valence-electron chi connectivity index (χ1n) is 5.52. The van der Waals surface area contributed by atoms with Gasteiger partial charge in [-0.05, 0) is 25.3 Å². The van der Waals surface area contributed by atoms with E-state index in [1.807, 2.05) is 31.4 Å². The Hall–Kier alpha value is -1.46. The standard InChI is InChI=1S/C13H14N2OS2/c1-8(2)7-14-12(16)11-9(3)15-13(18-11)10-5-4-6-17-10/h4-6H,1,7H2,2-3H3,(H,14,16). The van der Waals surface area contributed by atoms with Crippen molar-refractivity contribution in [2.24, 2.45) is 0 Å². The first-order valence-corrected chi connectivity index (χ1v) is 7.21. The predicted molar refractivity (Wildman–Crippen MR) is 77.3 cm³/mol. The Bertz CT molecular complexity index is 570. The molecule has 2 aromatic rings. The molecule has 0 aliphatic carbocycles. The smallest absolute Gasteiger partial charge is 0.263 e. The summed E-state index contributed by atoms with van der Waals surface area (Å²) in [5.41, 5.74) is 1.71. The molecule has 2 aromatic heterocycles. The lowest BCUT2D eigenvalue weighted by Crippen LogP contribution is -2.24. The summed E-state index contributed by atoms with van der Waals surface area (Å²) in [5, 5.41) is 5.75. The van der Waals surface area contributed by atoms with Crippen molar-refractivity contribution in [1.82, 2.24) is 10.3 Å². The predicted octanol–water partition coefficient (Wildman–Crippen LogP) is 3.49. The van der Waals surface area contributed by atoms with Gasteiger partial charge in [-0.15, -0.1) is 22.7 Å². The summed E-state index contributed by atoms with van der Waals surface area (Å²) in [4.78, 5) is 18.2. The van der Waals surface area contributed by atoms with E-state index < -0.39 is 0 Å². The number of thiazole rings is 1. The van der Waals surface area contributed by atoms with E-state index in [4.69, 9.17) is 0 Å². The van der Waals surface area contributed by atoms with Gasteiger partial charge in [0.1, 0.15) is 9.88 Å². The number of hydrogen-bond donors (Lipinski definition) is 1. The average molecular weight is 278 g/mol. The van der Waals surface area contributed by atoms with Crippen LogP contribution in [0.3, 0.4) is 0 Å². The van der Waals surface area contributed by atoms with Crippen LogP contribution < -0.4 is 5.32 Å². The highest BCUT2D eigenvalue weighted by Gasteiger charge is 2.16. The lowest BCUT2D eigenvalue weighted by molar-refractivity contribution is 0.0960. The third kappa shape index (κ3) is 2.86. The highest BCUT2D eigenvalue weighted by molar-refractivity contribution is 7.22. The molecule has 0 saturated carbocycles. The number of hydrogen-bond acceptors (Lipinski definition) is 4. The number of nitrogens with zero attached hydrogens (tertiary/aromatic N) is 1. The molecular formula is C13H14N2OS2. The molecule has 1 N–H and O–H groups in total. The Labute approximate surface area is 114 Å². The van der Waals surface area contributed by atoms with Gasteiger partial charge in [-0.2, -0.15) is 0 Å². The van der Waals surface area contributed by atoms with Crippen molar-refractivity contribution < 1.29 is 4.79 Å². The molecule has 0 spiro atoms. The van der Waals surface area contributed by atoms with Crippen LogP contribution in [-0.4, -0.2) is 17.4 Å². The molecule has 0 unspecified atom stereocenters. The molecule has 2 rings (SSSR count). The number of aromatic nitrogens is 1. The zero-order chi connectivity index (χ0) is 13.1. The van der Waals surface area contributed by atoms with Gasteiger partial charge in [-0.3, -0.25) is 4.79 Å². The van der Waals surface area contributed by atoms with Crippen molar-refractivity contribution in [2.75, 3.05) is 6.54 Å². The van der Waals surface area contributed by atoms with Crippen LogP contribution in [-0.2, 0) is 0 Å². The van der Waals surface area contributed by atoms with Gasteiger partial charge in [0.25, 0.3) is 5.91 Å². The molecule has 94 valence electrons. The zero-order valence-corrected chi connectivity index (χ0v) is 12.0. The first kappa shape index (κ1) is 13.0. The molecule has 0 saturated heterocycles. The molecule has 2 heterocycles. The lowest BCUT2D eigenvalue weighted by atomic mass is 10.3. The highest BCUT2D eigenvalue weighted by atomic mass is 32.1. The Balaban J connectivity index is 2.19. The van der Waals surface area contributed by atoms with Crippen LogP contribution in [0.25, 0.3) is 9.88 Å². The molecule has 0 radical (unpaired) electrons. The maximum Gasteiger partial charge on any atom is 0.263 e. The lowest BCUT2D eigenvalue weighted by Gasteiger charge is -2.02. The van der Waals surface area contributed by atoms with Crippen molar-refractivity contribution in [2.45, 2.75) is 13.8 Å². The molecule has 18 heavy (non-hydrogen) atoms. The third-order valence-corrected chi connectivity index (χ3v) is 4.48. The van der Waals surface area contributed by atoms with E-state index in [1.54, 1.807) is 11.3 Å². The zero-order valence-electron chi connectivity index (χ0n) is 10.3. The number of thiophene rings is 1. The van der Waals surface area contributed by atoms with E-state index in [2.05, 4.69) is 16.9 Å². The number of aryl methyl sites for hydroxylation is 1. The van der Waals surface area contributed by atoms with Crippen LogP contribution in [0.2, 0.25) is 0 Å². The Kier molecular flexibility index (Phi) is 3.93. The average Bonchev–Trinajstić information content (AvgIpc) is 2.94. The van der Waals surface area contributed by atoms with Gasteiger partial charge in [0.05, 0.1) is 10.6 Å². The third-order valence-electron chi connectivity index (χ3n) is 2.29. The fourth-order valence-electron chi connectivity index (χ4n) is 1.42. The minimum absolute atomic E-state index is 0.0733. The monoisotopic (exact) mass is 278 g/mol. The molecule has 3 nitrogen and oxygen atoms in total. The van der Waals surface area contributed by atoms with Crippen LogP contribution in [0, 0.1) is 6.92 Å². The molecule has 0 aliphatic rings. The van der Waals surface area contributed by atoms with Gasteiger partial charge in [-0.25, -0.2) is 4.98 Å². The van der Waals surface area contributed by atoms with Crippen LogP contribution in [0.4, 0.5) is 0 Å². The Morgan fingerprint density at radius 2 is 2.33 bits per heavy atom. The minimum Gasteiger partial charge on any atom is -0.348 e. The fourth-order valence-corrected chi connectivity index (χ4v) is 3.20. The highest BCUT2D eigenvalue weighted by Crippen LogP contribution is 2.30. The van der Waals surface area contributed by atoms with Crippen LogP contribution in [0.1, 0.15) is 22.3 Å². The SMILES string of the molecule is C=C(C)CNC(=O)c1sc(-c2cccs2)nc1C. The number of nitrogens with one attached hydrogen (secondary N) is 1. The Morgan fingerprint density at radius 1 is 1.56 bits per heavy atom. The normalized spacial score (nSPS) is 10.3. The summed E-state index contributed by atoms with van der Waals surface area (Å²) in [6, 6.07) is 4.00. The van der Waals surface area contributed by atoms with Gasteiger partial charge in [0.2, 0.25) is 0 Å². The number of amides is 1. The summed E-state index contributed by atoms with van der Waals surface area (Å²) in [5.74, 6) is -0.0733. The number of carbonyl (C=O) groups excluding carboxylic acids is 1. The molecule has 0 aliphatic heterocycles. The second-order valence-electron chi connectivity index (χ2n) is 4.05. The van der Waals surface area contributed by atoms with Crippen molar-refractivity contribution in [3.8, 4) is 9.88 Å². The van der Waals surface area contributed by atoms with Gasteiger partial charge in [0, 0.05) is 6.54 Å². The second-order valence-corrected chi connectivity index (χ2v) is 6.00. The number of rotatable bonds is 4. The van der Waals surface area contributed by atoms with E-state index in [-0.39, 0.29) is 5.91 Å². The first-order chi connectivity index (χ1) is 8.58. The fraction of sp³-hybridized carbons (Fsp3) is 0.231. The largest absolute Gasteiger partial charge is 0.348 e. The van der Waals surface area contributed by atoms with E-state index >= 15 is 0 Å². The van der Waals surface area contributed by atoms with Crippen LogP contribution >= 0.6 is 22.7 Å². The van der Waals surface area contributed by atoms with Crippen LogP contribution in [0.15, 0.2) is 29.7 Å². The van der Waals surface area contributed by atoms with Gasteiger partial charge < -0.3 is 5.32 Å². The van der Waals surface area contributed by atoms with E-state index in [1.165, 1.54) is 11.3 Å². The maximum absolute atomic E-state index is 12.0. The molecule has 0 bridgehead atoms. The summed E-state index contributed by atoms with van der Waals surface area (Å²) in [6.45, 7) is 8.02. The van der Waals surface area contributed by atoms with E-state index in [0.29, 0.717) is 11.4 Å². The molecular weight excluding hydrogens is 264 g/mol. The van der Waals surface area contributed by atoms with E-state index in [0.717, 1.165) is 21.2 Å². The maximum atomic E-state index is 12.0. The summed E-state index contributed by atoms with van der Waals surface area (Å²) in [7, 11) is 0. The summed E-state index contributed by atoms with van der Waals surface area (Å²) < 4.78 is 0. The van der Waals surface area contributed by atoms with Crippen LogP contribution in [0.5, 0.6) is 0 Å². The van der Waals surface area contributed by atoms with Crippen molar-refractivity contribution in [1.29, 1.82) is 0 Å². The number of carbonyl (C=O) groups is 1. The molecule has 0 aromatic carbocycles. The van der Waals surface area contributed by atoms with Crippen molar-refractivity contribution in [3.05, 3.63) is 40.2 Å². The Morgan fingerprint density at radius 3 is 2.94 bits per heavy atom. The minimum atomic E-state index is -0.0733.